The monoisotopic (exact) mass is 511 g/mol. The van der Waals surface area contributed by atoms with Crippen LogP contribution in [0.15, 0.2) is 38.1 Å². The van der Waals surface area contributed by atoms with E-state index in [9.17, 15) is 13.2 Å². The van der Waals surface area contributed by atoms with Gasteiger partial charge >= 0.3 is 0 Å². The summed E-state index contributed by atoms with van der Waals surface area (Å²) < 4.78 is 39.7. The highest BCUT2D eigenvalue weighted by Gasteiger charge is 2.37. The highest BCUT2D eigenvalue weighted by atomic mass is 32.2. The van der Waals surface area contributed by atoms with Crippen LogP contribution in [0.25, 0.3) is 12.2 Å². The Morgan fingerprint density at radius 1 is 1.14 bits per heavy atom. The number of hydrogen-bond donors (Lipinski definition) is 1. The molecule has 36 heavy (non-hydrogen) atoms. The lowest BCUT2D eigenvalue weighted by molar-refractivity contribution is -0.126. The Morgan fingerprint density at radius 3 is 2.53 bits per heavy atom. The van der Waals surface area contributed by atoms with Crippen molar-refractivity contribution in [3.05, 3.63) is 69.5 Å². The van der Waals surface area contributed by atoms with Crippen molar-refractivity contribution in [3.8, 4) is 0 Å². The van der Waals surface area contributed by atoms with Crippen molar-refractivity contribution < 1.29 is 22.2 Å². The number of piperidine rings is 1. The lowest BCUT2D eigenvalue weighted by atomic mass is 9.99. The predicted molar refractivity (Wildman–Crippen MR) is 138 cm³/mol. The van der Waals surface area contributed by atoms with Crippen molar-refractivity contribution in [1.82, 2.24) is 14.8 Å². The fourth-order valence-electron chi connectivity index (χ4n) is 4.81. The number of rotatable bonds is 7. The van der Waals surface area contributed by atoms with Gasteiger partial charge in [0, 0.05) is 13.1 Å². The molecule has 1 aliphatic heterocycles. The molecule has 2 aromatic heterocycles. The standard InChI is InChI=1S/C27H33N3O5S/c1-17-13-18(2)24(19(3)14-17)10-11-25-26(21(5)29-35-25)36(32,33)30-12-6-7-22(16-30)27(31)28-15-23-9-8-20(4)34-23/h8-11,13-14,22H,6-7,12,15-16H2,1-5H3,(H,28,31)/b11-10+. The zero-order valence-corrected chi connectivity index (χ0v) is 22.2. The van der Waals surface area contributed by atoms with Gasteiger partial charge in [0.25, 0.3) is 0 Å². The second-order valence-electron chi connectivity index (χ2n) is 9.54. The van der Waals surface area contributed by atoms with E-state index in [1.54, 1.807) is 13.0 Å². The lowest BCUT2D eigenvalue weighted by Gasteiger charge is -2.31. The first-order valence-electron chi connectivity index (χ1n) is 12.1. The molecule has 4 rings (SSSR count). The fraction of sp³-hybridized carbons (Fsp3) is 0.407. The summed E-state index contributed by atoms with van der Waals surface area (Å²) in [7, 11) is -3.91. The maximum absolute atomic E-state index is 13.7. The van der Waals surface area contributed by atoms with Crippen molar-refractivity contribution >= 4 is 28.1 Å². The Bertz CT molecular complexity index is 1380. The van der Waals surface area contributed by atoms with Crippen LogP contribution >= 0.6 is 0 Å². The molecular weight excluding hydrogens is 478 g/mol. The molecule has 0 saturated carbocycles. The number of carbonyl (C=O) groups is 1. The Hall–Kier alpha value is -3.17. The zero-order valence-electron chi connectivity index (χ0n) is 21.4. The number of furan rings is 1. The van der Waals surface area contributed by atoms with Crippen LogP contribution in [-0.2, 0) is 21.4 Å². The number of benzene rings is 1. The summed E-state index contributed by atoms with van der Waals surface area (Å²) in [6, 6.07) is 7.83. The molecule has 8 nitrogen and oxygen atoms in total. The summed E-state index contributed by atoms with van der Waals surface area (Å²) in [5, 5.41) is 6.81. The number of sulfonamides is 1. The summed E-state index contributed by atoms with van der Waals surface area (Å²) in [4.78, 5) is 12.9. The minimum absolute atomic E-state index is 0.0493. The van der Waals surface area contributed by atoms with E-state index in [0.717, 1.165) is 22.5 Å². The molecule has 1 aromatic carbocycles. The Kier molecular flexibility index (Phi) is 7.51. The topological polar surface area (TPSA) is 106 Å². The van der Waals surface area contributed by atoms with Gasteiger partial charge in [-0.15, -0.1) is 0 Å². The largest absolute Gasteiger partial charge is 0.465 e. The molecule has 1 fully saturated rings. The number of aryl methyl sites for hydroxylation is 5. The quantitative estimate of drug-likeness (QED) is 0.493. The number of hydrogen-bond acceptors (Lipinski definition) is 6. The smallest absolute Gasteiger partial charge is 0.248 e. The van der Waals surface area contributed by atoms with Gasteiger partial charge in [-0.1, -0.05) is 28.9 Å². The van der Waals surface area contributed by atoms with Crippen LogP contribution < -0.4 is 5.32 Å². The molecule has 1 atom stereocenters. The maximum atomic E-state index is 13.7. The van der Waals surface area contributed by atoms with Gasteiger partial charge in [0.15, 0.2) is 10.7 Å². The highest BCUT2D eigenvalue weighted by Crippen LogP contribution is 2.30. The lowest BCUT2D eigenvalue weighted by Crippen LogP contribution is -2.45. The van der Waals surface area contributed by atoms with E-state index in [4.69, 9.17) is 8.94 Å². The van der Waals surface area contributed by atoms with Crippen molar-refractivity contribution in [2.24, 2.45) is 5.92 Å². The third-order valence-electron chi connectivity index (χ3n) is 6.56. The first-order valence-corrected chi connectivity index (χ1v) is 13.6. The molecule has 1 saturated heterocycles. The van der Waals surface area contributed by atoms with Crippen LogP contribution in [0.1, 0.15) is 58.1 Å². The van der Waals surface area contributed by atoms with E-state index >= 15 is 0 Å². The third kappa shape index (κ3) is 5.47. The molecule has 0 bridgehead atoms. The van der Waals surface area contributed by atoms with Crippen LogP contribution in [-0.4, -0.2) is 36.9 Å². The van der Waals surface area contributed by atoms with Gasteiger partial charge in [-0.2, -0.15) is 4.31 Å². The number of nitrogens with zero attached hydrogens (tertiary/aromatic N) is 2. The second kappa shape index (κ2) is 10.4. The molecule has 1 N–H and O–H groups in total. The fourth-order valence-corrected chi connectivity index (χ4v) is 6.59. The average molecular weight is 512 g/mol. The van der Waals surface area contributed by atoms with Crippen LogP contribution in [0.2, 0.25) is 0 Å². The average Bonchev–Trinajstić information content (AvgIpc) is 3.42. The summed E-state index contributed by atoms with van der Waals surface area (Å²) in [6.45, 7) is 10.3. The van der Waals surface area contributed by atoms with Crippen molar-refractivity contribution in [2.45, 2.75) is 58.9 Å². The Labute approximate surface area is 212 Å². The van der Waals surface area contributed by atoms with Crippen molar-refractivity contribution in [1.29, 1.82) is 0 Å². The summed E-state index contributed by atoms with van der Waals surface area (Å²) in [6.07, 6.45) is 4.74. The molecule has 1 amide bonds. The van der Waals surface area contributed by atoms with Gasteiger partial charge in [-0.3, -0.25) is 4.79 Å². The highest BCUT2D eigenvalue weighted by molar-refractivity contribution is 7.89. The molecule has 3 aromatic rings. The summed E-state index contributed by atoms with van der Waals surface area (Å²) >= 11 is 0. The van der Waals surface area contributed by atoms with Gasteiger partial charge < -0.3 is 14.3 Å². The molecule has 9 heteroatoms. The van der Waals surface area contributed by atoms with E-state index in [1.807, 2.05) is 45.9 Å². The normalized spacial score (nSPS) is 17.1. The molecular formula is C27H33N3O5S. The van der Waals surface area contributed by atoms with E-state index < -0.39 is 15.9 Å². The molecule has 0 radical (unpaired) electrons. The van der Waals surface area contributed by atoms with Crippen LogP contribution in [0.4, 0.5) is 0 Å². The molecule has 0 spiro atoms. The minimum Gasteiger partial charge on any atom is -0.465 e. The van der Waals surface area contributed by atoms with Gasteiger partial charge in [-0.25, -0.2) is 8.42 Å². The molecule has 1 aliphatic rings. The van der Waals surface area contributed by atoms with E-state index in [2.05, 4.69) is 22.6 Å². The van der Waals surface area contributed by atoms with Gasteiger partial charge in [0.1, 0.15) is 17.2 Å². The first kappa shape index (κ1) is 25.9. The van der Waals surface area contributed by atoms with Gasteiger partial charge in [0.2, 0.25) is 15.9 Å². The Balaban J connectivity index is 1.52. The number of carbonyl (C=O) groups excluding carboxylic acids is 1. The first-order chi connectivity index (χ1) is 17.1. The van der Waals surface area contributed by atoms with E-state index in [0.29, 0.717) is 30.8 Å². The summed E-state index contributed by atoms with van der Waals surface area (Å²) in [5.41, 5.74) is 4.67. The number of amides is 1. The maximum Gasteiger partial charge on any atom is 0.248 e. The number of nitrogens with one attached hydrogen (secondary N) is 1. The molecule has 3 heterocycles. The van der Waals surface area contributed by atoms with Crippen molar-refractivity contribution in [3.63, 3.8) is 0 Å². The number of aromatic nitrogens is 1. The van der Waals surface area contributed by atoms with Gasteiger partial charge in [0.05, 0.1) is 12.5 Å². The zero-order chi connectivity index (χ0) is 26.0. The second-order valence-corrected chi connectivity index (χ2v) is 11.4. The van der Waals surface area contributed by atoms with Crippen LogP contribution in [0.3, 0.4) is 0 Å². The minimum atomic E-state index is -3.91. The van der Waals surface area contributed by atoms with Crippen LogP contribution in [0, 0.1) is 40.5 Å². The SMILES string of the molecule is Cc1cc(C)c(/C=C/c2onc(C)c2S(=O)(=O)N2CCCC(C(=O)NCc3ccc(C)o3)C2)c(C)c1. The molecule has 0 aliphatic carbocycles. The van der Waals surface area contributed by atoms with Crippen LogP contribution in [0.5, 0.6) is 0 Å². The van der Waals surface area contributed by atoms with Gasteiger partial charge in [-0.05, 0) is 82.4 Å². The predicted octanol–water partition coefficient (Wildman–Crippen LogP) is 4.70. The molecule has 192 valence electrons. The molecule has 1 unspecified atom stereocenters. The van der Waals surface area contributed by atoms with E-state index in [1.165, 1.54) is 9.87 Å². The van der Waals surface area contributed by atoms with E-state index in [-0.39, 0.29) is 29.7 Å². The Morgan fingerprint density at radius 2 is 1.86 bits per heavy atom. The summed E-state index contributed by atoms with van der Waals surface area (Å²) in [5.74, 6) is 0.997. The van der Waals surface area contributed by atoms with Crippen molar-refractivity contribution in [2.75, 3.05) is 13.1 Å². The third-order valence-corrected chi connectivity index (χ3v) is 8.58.